The van der Waals surface area contributed by atoms with Crippen LogP contribution in [0.5, 0.6) is 0 Å². The first-order chi connectivity index (χ1) is 18.1. The van der Waals surface area contributed by atoms with Crippen molar-refractivity contribution in [3.63, 3.8) is 0 Å². The average molecular weight is 553 g/mol. The summed E-state index contributed by atoms with van der Waals surface area (Å²) in [6, 6.07) is 18.5. The molecule has 4 heterocycles. The van der Waals surface area contributed by atoms with Gasteiger partial charge in [-0.05, 0) is 73.3 Å². The van der Waals surface area contributed by atoms with E-state index >= 15 is 0 Å². The lowest BCUT2D eigenvalue weighted by Crippen LogP contribution is -2.36. The maximum Gasteiger partial charge on any atom is 0.265 e. The molecular formula is C28H29ClN4O2S2. The molecule has 2 aliphatic rings. The molecule has 0 saturated carbocycles. The summed E-state index contributed by atoms with van der Waals surface area (Å²) < 4.78 is 6.49. The van der Waals surface area contributed by atoms with Gasteiger partial charge < -0.3 is 15.0 Å². The molecule has 2 fully saturated rings. The Hall–Kier alpha value is -2.49. The van der Waals surface area contributed by atoms with Gasteiger partial charge >= 0.3 is 0 Å². The van der Waals surface area contributed by atoms with E-state index in [4.69, 9.17) is 21.3 Å². The molecule has 1 N–H and O–H groups in total. The number of piperidine rings is 1. The van der Waals surface area contributed by atoms with Crippen LogP contribution in [-0.2, 0) is 11.3 Å². The lowest BCUT2D eigenvalue weighted by Gasteiger charge is -2.32. The van der Waals surface area contributed by atoms with Crippen molar-refractivity contribution >= 4 is 60.5 Å². The molecular weight excluding hydrogens is 524 g/mol. The number of rotatable bonds is 6. The third kappa shape index (κ3) is 5.84. The minimum absolute atomic E-state index is 0.0832. The summed E-state index contributed by atoms with van der Waals surface area (Å²) in [6.45, 7) is 6.31. The molecule has 2 aliphatic heterocycles. The first-order valence-corrected chi connectivity index (χ1v) is 14.7. The number of hydrogen-bond donors (Lipinski definition) is 1. The SMILES string of the molecule is O=C(Nc1ccc(CN2CCC(c3ccc(Cl)cc3)CC2)cc1)c1cc2sc(N3CCOCC3)nc2s1. The van der Waals surface area contributed by atoms with Crippen LogP contribution in [0.15, 0.2) is 54.6 Å². The van der Waals surface area contributed by atoms with Crippen molar-refractivity contribution in [2.75, 3.05) is 49.6 Å². The fourth-order valence-electron chi connectivity index (χ4n) is 5.03. The number of carbonyl (C=O) groups is 1. The highest BCUT2D eigenvalue weighted by Gasteiger charge is 2.21. The van der Waals surface area contributed by atoms with Crippen molar-refractivity contribution in [3.05, 3.63) is 75.6 Å². The summed E-state index contributed by atoms with van der Waals surface area (Å²) in [5.74, 6) is 0.528. The molecule has 4 aromatic rings. The Morgan fingerprint density at radius 1 is 1.00 bits per heavy atom. The van der Waals surface area contributed by atoms with Gasteiger partial charge in [-0.15, -0.1) is 11.3 Å². The van der Waals surface area contributed by atoms with E-state index in [0.29, 0.717) is 10.8 Å². The number of anilines is 2. The summed E-state index contributed by atoms with van der Waals surface area (Å²) >= 11 is 9.13. The average Bonchev–Trinajstić information content (AvgIpc) is 3.51. The van der Waals surface area contributed by atoms with Crippen LogP contribution in [0, 0.1) is 0 Å². The zero-order chi connectivity index (χ0) is 25.2. The molecule has 6 nitrogen and oxygen atoms in total. The number of halogens is 1. The number of fused-ring (bicyclic) bond motifs is 1. The van der Waals surface area contributed by atoms with E-state index in [1.165, 1.54) is 22.5 Å². The van der Waals surface area contributed by atoms with Crippen molar-refractivity contribution in [2.45, 2.75) is 25.3 Å². The predicted molar refractivity (Wildman–Crippen MR) is 154 cm³/mol. The largest absolute Gasteiger partial charge is 0.378 e. The highest BCUT2D eigenvalue weighted by atomic mass is 35.5. The number of benzene rings is 2. The second kappa shape index (κ2) is 11.1. The van der Waals surface area contributed by atoms with E-state index < -0.39 is 0 Å². The van der Waals surface area contributed by atoms with Gasteiger partial charge in [-0.1, -0.05) is 47.2 Å². The molecule has 0 unspecified atom stereocenters. The summed E-state index contributed by atoms with van der Waals surface area (Å²) in [5.41, 5.74) is 3.47. The van der Waals surface area contributed by atoms with Crippen LogP contribution >= 0.6 is 34.3 Å². The smallest absolute Gasteiger partial charge is 0.265 e. The van der Waals surface area contributed by atoms with E-state index in [1.54, 1.807) is 11.3 Å². The Bertz CT molecular complexity index is 1320. The van der Waals surface area contributed by atoms with Gasteiger partial charge in [0.25, 0.3) is 5.91 Å². The summed E-state index contributed by atoms with van der Waals surface area (Å²) in [5, 5.41) is 4.86. The van der Waals surface area contributed by atoms with Gasteiger partial charge in [0.05, 0.1) is 22.8 Å². The van der Waals surface area contributed by atoms with Gasteiger partial charge in [0.2, 0.25) is 0 Å². The second-order valence-electron chi connectivity index (χ2n) is 9.63. The standard InChI is InChI=1S/C28H29ClN4O2S2/c29-22-5-3-20(4-6-22)21-9-11-32(12-10-21)18-19-1-7-23(8-2-19)30-26(34)24-17-25-27(36-24)31-28(37-25)33-13-15-35-16-14-33/h1-8,17,21H,9-16,18H2,(H,30,34). The number of thiophene rings is 1. The minimum Gasteiger partial charge on any atom is -0.378 e. The minimum atomic E-state index is -0.0832. The van der Waals surface area contributed by atoms with E-state index in [-0.39, 0.29) is 5.91 Å². The monoisotopic (exact) mass is 552 g/mol. The van der Waals surface area contributed by atoms with Gasteiger partial charge in [0.1, 0.15) is 4.83 Å². The molecule has 0 aliphatic carbocycles. The van der Waals surface area contributed by atoms with E-state index in [9.17, 15) is 4.79 Å². The zero-order valence-electron chi connectivity index (χ0n) is 20.5. The van der Waals surface area contributed by atoms with Crippen LogP contribution in [0.25, 0.3) is 9.53 Å². The van der Waals surface area contributed by atoms with E-state index in [0.717, 1.165) is 84.2 Å². The molecule has 192 valence electrons. The summed E-state index contributed by atoms with van der Waals surface area (Å²) in [6.07, 6.45) is 2.33. The first-order valence-electron chi connectivity index (χ1n) is 12.7. The number of thiazole rings is 1. The normalized spacial score (nSPS) is 17.4. The molecule has 2 aromatic carbocycles. The Morgan fingerprint density at radius 3 is 2.43 bits per heavy atom. The Kier molecular flexibility index (Phi) is 7.44. The third-order valence-electron chi connectivity index (χ3n) is 7.13. The molecule has 0 spiro atoms. The highest BCUT2D eigenvalue weighted by molar-refractivity contribution is 7.29. The number of hydrogen-bond acceptors (Lipinski definition) is 7. The molecule has 0 radical (unpaired) electrons. The van der Waals surface area contributed by atoms with Gasteiger partial charge in [-0.2, -0.15) is 0 Å². The van der Waals surface area contributed by atoms with Crippen molar-refractivity contribution in [2.24, 2.45) is 0 Å². The Morgan fingerprint density at radius 2 is 1.73 bits per heavy atom. The molecule has 37 heavy (non-hydrogen) atoms. The third-order valence-corrected chi connectivity index (χ3v) is 9.60. The lowest BCUT2D eigenvalue weighted by atomic mass is 9.89. The first kappa shape index (κ1) is 24.8. The fraction of sp³-hybridized carbons (Fsp3) is 0.357. The van der Waals surface area contributed by atoms with Crippen molar-refractivity contribution in [1.29, 1.82) is 0 Å². The number of nitrogens with one attached hydrogen (secondary N) is 1. The summed E-state index contributed by atoms with van der Waals surface area (Å²) in [7, 11) is 0. The van der Waals surface area contributed by atoms with E-state index in [2.05, 4.69) is 39.4 Å². The number of amides is 1. The van der Waals surface area contributed by atoms with Crippen molar-refractivity contribution < 1.29 is 9.53 Å². The van der Waals surface area contributed by atoms with E-state index in [1.807, 2.05) is 30.3 Å². The van der Waals surface area contributed by atoms with Crippen molar-refractivity contribution in [3.8, 4) is 0 Å². The number of likely N-dealkylation sites (tertiary alicyclic amines) is 1. The Labute approximate surface area is 229 Å². The number of ether oxygens (including phenoxy) is 1. The van der Waals surface area contributed by atoms with Gasteiger partial charge in [-0.25, -0.2) is 4.98 Å². The molecule has 1 amide bonds. The second-order valence-corrected chi connectivity index (χ2v) is 12.1. The predicted octanol–water partition coefficient (Wildman–Crippen LogP) is 6.48. The molecule has 0 atom stereocenters. The number of morpholine rings is 1. The number of nitrogens with zero attached hydrogens (tertiary/aromatic N) is 3. The quantitative estimate of drug-likeness (QED) is 0.297. The zero-order valence-corrected chi connectivity index (χ0v) is 22.9. The van der Waals surface area contributed by atoms with Crippen LogP contribution in [0.4, 0.5) is 10.8 Å². The molecule has 6 rings (SSSR count). The number of carbonyl (C=O) groups excluding carboxylic acids is 1. The molecule has 9 heteroatoms. The molecule has 0 bridgehead atoms. The maximum atomic E-state index is 12.9. The van der Waals surface area contributed by atoms with Gasteiger partial charge in [0.15, 0.2) is 5.13 Å². The lowest BCUT2D eigenvalue weighted by molar-refractivity contribution is 0.103. The van der Waals surface area contributed by atoms with Crippen molar-refractivity contribution in [1.82, 2.24) is 9.88 Å². The Balaban J connectivity index is 1.01. The van der Waals surface area contributed by atoms with Gasteiger partial charge in [0, 0.05) is 30.3 Å². The topological polar surface area (TPSA) is 57.7 Å². The molecule has 2 aromatic heterocycles. The number of aromatic nitrogens is 1. The highest BCUT2D eigenvalue weighted by Crippen LogP contribution is 2.35. The van der Waals surface area contributed by atoms with Crippen LogP contribution in [0.3, 0.4) is 0 Å². The van der Waals surface area contributed by atoms with Gasteiger partial charge in [-0.3, -0.25) is 9.69 Å². The van der Waals surface area contributed by atoms with Crippen LogP contribution < -0.4 is 10.2 Å². The molecule has 2 saturated heterocycles. The van der Waals surface area contributed by atoms with Crippen LogP contribution in [0.2, 0.25) is 5.02 Å². The summed E-state index contributed by atoms with van der Waals surface area (Å²) in [4.78, 5) is 24.0. The van der Waals surface area contributed by atoms with Crippen LogP contribution in [0.1, 0.15) is 39.6 Å². The van der Waals surface area contributed by atoms with Crippen LogP contribution in [-0.4, -0.2) is 55.2 Å². The maximum absolute atomic E-state index is 12.9. The fourth-order valence-corrected chi connectivity index (χ4v) is 7.31.